The van der Waals surface area contributed by atoms with Gasteiger partial charge in [-0.2, -0.15) is 0 Å². The second-order valence-electron chi connectivity index (χ2n) is 3.30. The van der Waals surface area contributed by atoms with Crippen molar-refractivity contribution in [2.75, 3.05) is 13.4 Å². The first kappa shape index (κ1) is 14.2. The van der Waals surface area contributed by atoms with Gasteiger partial charge in [0.2, 0.25) is 0 Å². The second-order valence-corrected chi connectivity index (χ2v) is 7.40. The number of thioether (sulfide) groups is 2. The van der Waals surface area contributed by atoms with E-state index < -0.39 is 0 Å². The van der Waals surface area contributed by atoms with Gasteiger partial charge in [-0.25, -0.2) is 0 Å². The van der Waals surface area contributed by atoms with E-state index in [2.05, 4.69) is 38.3 Å². The van der Waals surface area contributed by atoms with E-state index in [1.165, 1.54) is 5.56 Å². The number of hydrogen-bond donors (Lipinski definition) is 0. The average Bonchev–Trinajstić information content (AvgIpc) is 2.84. The molecule has 0 amide bonds. The SMILES string of the molecule is COc1ccc(CSc2nnc(SC)s2)cc1Br. The third-order valence-electron chi connectivity index (χ3n) is 2.14. The molecule has 0 atom stereocenters. The Hall–Kier alpha value is -0.240. The van der Waals surface area contributed by atoms with Gasteiger partial charge in [-0.05, 0) is 39.9 Å². The Kier molecular flexibility index (Phi) is 5.35. The van der Waals surface area contributed by atoms with E-state index in [-0.39, 0.29) is 0 Å². The summed E-state index contributed by atoms with van der Waals surface area (Å²) in [5, 5.41) is 8.21. The smallest absolute Gasteiger partial charge is 0.175 e. The van der Waals surface area contributed by atoms with Gasteiger partial charge in [0.15, 0.2) is 8.68 Å². The molecule has 0 bridgehead atoms. The summed E-state index contributed by atoms with van der Waals surface area (Å²) in [7, 11) is 1.67. The van der Waals surface area contributed by atoms with Crippen LogP contribution in [0.15, 0.2) is 31.4 Å². The van der Waals surface area contributed by atoms with E-state index in [0.717, 1.165) is 24.7 Å². The highest BCUT2D eigenvalue weighted by molar-refractivity contribution is 9.10. The molecule has 1 aromatic heterocycles. The van der Waals surface area contributed by atoms with Crippen LogP contribution in [0, 0.1) is 0 Å². The molecular formula is C11H11BrN2OS3. The number of methoxy groups -OCH3 is 1. The zero-order valence-corrected chi connectivity index (χ0v) is 13.9. The lowest BCUT2D eigenvalue weighted by Crippen LogP contribution is -1.86. The van der Waals surface area contributed by atoms with Crippen LogP contribution in [0.5, 0.6) is 5.75 Å². The van der Waals surface area contributed by atoms with Crippen LogP contribution in [-0.4, -0.2) is 23.6 Å². The topological polar surface area (TPSA) is 35.0 Å². The highest BCUT2D eigenvalue weighted by Gasteiger charge is 2.06. The van der Waals surface area contributed by atoms with Crippen molar-refractivity contribution >= 4 is 50.8 Å². The van der Waals surface area contributed by atoms with Gasteiger partial charge in [-0.15, -0.1) is 10.2 Å². The van der Waals surface area contributed by atoms with E-state index >= 15 is 0 Å². The van der Waals surface area contributed by atoms with Gasteiger partial charge in [-0.1, -0.05) is 40.9 Å². The maximum Gasteiger partial charge on any atom is 0.175 e. The Morgan fingerprint density at radius 1 is 1.33 bits per heavy atom. The molecule has 3 nitrogen and oxygen atoms in total. The highest BCUT2D eigenvalue weighted by atomic mass is 79.9. The first-order valence-electron chi connectivity index (χ1n) is 5.05. The maximum absolute atomic E-state index is 5.20. The molecule has 18 heavy (non-hydrogen) atoms. The second kappa shape index (κ2) is 6.79. The first-order chi connectivity index (χ1) is 8.72. The molecule has 0 aliphatic rings. The molecule has 0 spiro atoms. The van der Waals surface area contributed by atoms with Crippen LogP contribution in [0.25, 0.3) is 0 Å². The summed E-state index contributed by atoms with van der Waals surface area (Å²) >= 11 is 8.45. The summed E-state index contributed by atoms with van der Waals surface area (Å²) in [4.78, 5) is 0. The van der Waals surface area contributed by atoms with Gasteiger partial charge in [0.05, 0.1) is 11.6 Å². The molecular weight excluding hydrogens is 352 g/mol. The van der Waals surface area contributed by atoms with Gasteiger partial charge >= 0.3 is 0 Å². The Morgan fingerprint density at radius 2 is 2.11 bits per heavy atom. The predicted molar refractivity (Wildman–Crippen MR) is 81.9 cm³/mol. The van der Waals surface area contributed by atoms with Crippen molar-refractivity contribution in [3.63, 3.8) is 0 Å². The standard InChI is InChI=1S/C11H11BrN2OS3/c1-15-9-4-3-7(5-8(9)12)6-17-11-14-13-10(16-2)18-11/h3-5H,6H2,1-2H3. The van der Waals surface area contributed by atoms with Gasteiger partial charge in [0.25, 0.3) is 0 Å². The third kappa shape index (κ3) is 3.63. The molecule has 0 unspecified atom stereocenters. The summed E-state index contributed by atoms with van der Waals surface area (Å²) in [6, 6.07) is 6.10. The van der Waals surface area contributed by atoms with E-state index in [0.29, 0.717) is 0 Å². The van der Waals surface area contributed by atoms with Crippen molar-refractivity contribution in [3.05, 3.63) is 28.2 Å². The van der Waals surface area contributed by atoms with Crippen LogP contribution >= 0.6 is 50.8 Å². The number of aromatic nitrogens is 2. The highest BCUT2D eigenvalue weighted by Crippen LogP contribution is 2.32. The van der Waals surface area contributed by atoms with Gasteiger partial charge in [0, 0.05) is 5.75 Å². The van der Waals surface area contributed by atoms with Crippen molar-refractivity contribution in [1.29, 1.82) is 0 Å². The van der Waals surface area contributed by atoms with Crippen molar-refractivity contribution < 1.29 is 4.74 Å². The van der Waals surface area contributed by atoms with E-state index in [9.17, 15) is 0 Å². The van der Waals surface area contributed by atoms with E-state index in [1.807, 2.05) is 12.3 Å². The lowest BCUT2D eigenvalue weighted by Gasteiger charge is -2.05. The number of nitrogens with zero attached hydrogens (tertiary/aromatic N) is 2. The fourth-order valence-corrected chi connectivity index (χ4v) is 4.25. The van der Waals surface area contributed by atoms with E-state index in [1.54, 1.807) is 42.0 Å². The average molecular weight is 363 g/mol. The fraction of sp³-hybridized carbons (Fsp3) is 0.273. The van der Waals surface area contributed by atoms with Gasteiger partial charge < -0.3 is 4.74 Å². The summed E-state index contributed by atoms with van der Waals surface area (Å²) < 4.78 is 8.19. The first-order valence-corrected chi connectivity index (χ1v) is 8.87. The normalized spacial score (nSPS) is 10.6. The summed E-state index contributed by atoms with van der Waals surface area (Å²) in [6.45, 7) is 0. The lowest BCUT2D eigenvalue weighted by molar-refractivity contribution is 0.412. The molecule has 0 aliphatic carbocycles. The molecule has 7 heteroatoms. The van der Waals surface area contributed by atoms with Gasteiger partial charge in [-0.3, -0.25) is 0 Å². The molecule has 0 saturated heterocycles. The summed E-state index contributed by atoms with van der Waals surface area (Å²) in [5.41, 5.74) is 1.23. The van der Waals surface area contributed by atoms with Crippen LogP contribution in [0.4, 0.5) is 0 Å². The Labute approximate surface area is 127 Å². The zero-order valence-electron chi connectivity index (χ0n) is 9.84. The lowest BCUT2D eigenvalue weighted by atomic mass is 10.2. The minimum absolute atomic E-state index is 0.851. The minimum Gasteiger partial charge on any atom is -0.496 e. The molecule has 0 saturated carbocycles. The number of hydrogen-bond acceptors (Lipinski definition) is 6. The van der Waals surface area contributed by atoms with Crippen molar-refractivity contribution in [3.8, 4) is 5.75 Å². The van der Waals surface area contributed by atoms with Crippen LogP contribution in [0.2, 0.25) is 0 Å². The molecule has 0 N–H and O–H groups in total. The molecule has 1 heterocycles. The molecule has 1 aromatic carbocycles. The number of benzene rings is 1. The van der Waals surface area contributed by atoms with Crippen molar-refractivity contribution in [1.82, 2.24) is 10.2 Å². The van der Waals surface area contributed by atoms with Crippen molar-refractivity contribution in [2.45, 2.75) is 14.4 Å². The monoisotopic (exact) mass is 362 g/mol. The van der Waals surface area contributed by atoms with E-state index in [4.69, 9.17) is 4.74 Å². The van der Waals surface area contributed by atoms with Crippen LogP contribution in [-0.2, 0) is 5.75 Å². The Balaban J connectivity index is 1.99. The third-order valence-corrected chi connectivity index (χ3v) is 5.86. The number of halogens is 1. The minimum atomic E-state index is 0.851. The molecule has 0 radical (unpaired) electrons. The van der Waals surface area contributed by atoms with Crippen molar-refractivity contribution in [2.24, 2.45) is 0 Å². The summed E-state index contributed by atoms with van der Waals surface area (Å²) in [5.74, 6) is 1.73. The molecule has 2 aromatic rings. The summed E-state index contributed by atoms with van der Waals surface area (Å²) in [6.07, 6.45) is 2.01. The van der Waals surface area contributed by atoms with Crippen LogP contribution in [0.3, 0.4) is 0 Å². The predicted octanol–water partition coefficient (Wildman–Crippen LogP) is 4.32. The van der Waals surface area contributed by atoms with Crippen LogP contribution in [0.1, 0.15) is 5.56 Å². The molecule has 0 fully saturated rings. The fourth-order valence-electron chi connectivity index (χ4n) is 1.28. The Morgan fingerprint density at radius 3 is 2.72 bits per heavy atom. The molecule has 2 rings (SSSR count). The largest absolute Gasteiger partial charge is 0.496 e. The number of rotatable bonds is 5. The zero-order chi connectivity index (χ0) is 13.0. The maximum atomic E-state index is 5.20. The molecule has 96 valence electrons. The number of ether oxygens (including phenoxy) is 1. The molecule has 0 aliphatic heterocycles. The Bertz CT molecular complexity index is 533. The van der Waals surface area contributed by atoms with Crippen LogP contribution < -0.4 is 4.74 Å². The quantitative estimate of drug-likeness (QED) is 0.739. The van der Waals surface area contributed by atoms with Gasteiger partial charge in [0.1, 0.15) is 5.75 Å².